The average Bonchev–Trinajstić information content (AvgIpc) is 3.89. The topological polar surface area (TPSA) is 54.6 Å². The molecule has 0 aromatic rings. The SMILES string of the molecule is C1CCC2NC(C3CCCC(C4CCC(N5C6CCCCC6C6C7C8CCCCC8N(C8CCC(C9CCCC(C%10NCC%11CCCCC%11N%10)C9)CC8)C7CCC65)CC4)C3)NCC2C1. The highest BCUT2D eigenvalue weighted by molar-refractivity contribution is 5.16. The van der Waals surface area contributed by atoms with E-state index >= 15 is 0 Å². The van der Waals surface area contributed by atoms with Crippen molar-refractivity contribution in [3.05, 3.63) is 0 Å². The van der Waals surface area contributed by atoms with Gasteiger partial charge in [-0.1, -0.05) is 77.0 Å². The molecule has 0 aromatic carbocycles. The molecule has 6 nitrogen and oxygen atoms in total. The van der Waals surface area contributed by atoms with E-state index in [1.54, 1.807) is 64.2 Å². The van der Waals surface area contributed by atoms with Crippen LogP contribution in [0.2, 0.25) is 0 Å². The van der Waals surface area contributed by atoms with Gasteiger partial charge in [0, 0.05) is 61.4 Å². The van der Waals surface area contributed by atoms with Crippen LogP contribution in [0.3, 0.4) is 0 Å². The van der Waals surface area contributed by atoms with E-state index < -0.39 is 0 Å². The molecule has 0 amide bonds. The predicted molar refractivity (Wildman–Crippen MR) is 263 cm³/mol. The Kier molecular flexibility index (Phi) is 13.1. The first-order chi connectivity index (χ1) is 31.7. The van der Waals surface area contributed by atoms with Gasteiger partial charge in [-0.05, 0) is 212 Å². The Labute approximate surface area is 392 Å². The van der Waals surface area contributed by atoms with Crippen LogP contribution in [0.15, 0.2) is 0 Å². The predicted octanol–water partition coefficient (Wildman–Crippen LogP) is 11.4. The van der Waals surface area contributed by atoms with Crippen LogP contribution in [-0.2, 0) is 0 Å². The molecule has 6 heteroatoms. The highest BCUT2D eigenvalue weighted by Crippen LogP contribution is 2.61. The number of hydrogen-bond donors (Lipinski definition) is 4. The van der Waals surface area contributed by atoms with Gasteiger partial charge in [0.15, 0.2) is 0 Å². The van der Waals surface area contributed by atoms with E-state index in [-0.39, 0.29) is 0 Å². The van der Waals surface area contributed by atoms with Crippen LogP contribution in [0.25, 0.3) is 0 Å². The van der Waals surface area contributed by atoms with E-state index in [2.05, 4.69) is 31.1 Å². The Morgan fingerprint density at radius 1 is 0.281 bits per heavy atom. The van der Waals surface area contributed by atoms with Crippen molar-refractivity contribution in [2.45, 2.75) is 279 Å². The number of hydrogen-bond acceptors (Lipinski definition) is 6. The normalized spacial score (nSPS) is 53.8. The minimum Gasteiger partial charge on any atom is -0.301 e. The van der Waals surface area contributed by atoms with Crippen LogP contribution in [-0.4, -0.2) is 83.6 Å². The maximum Gasteiger partial charge on any atom is 0.0603 e. The second kappa shape index (κ2) is 19.2. The van der Waals surface area contributed by atoms with E-state index in [9.17, 15) is 0 Å². The van der Waals surface area contributed by atoms with Gasteiger partial charge in [0.2, 0.25) is 0 Å². The molecule has 0 spiro atoms. The minimum absolute atomic E-state index is 0.601. The molecule has 13 aliphatic rings. The molecule has 0 radical (unpaired) electrons. The summed E-state index contributed by atoms with van der Waals surface area (Å²) in [6.07, 6.45) is 52.6. The lowest BCUT2D eigenvalue weighted by Gasteiger charge is -2.49. The maximum absolute atomic E-state index is 4.21. The summed E-state index contributed by atoms with van der Waals surface area (Å²) in [5.74, 6) is 11.7. The van der Waals surface area contributed by atoms with Crippen molar-refractivity contribution in [3.63, 3.8) is 0 Å². The van der Waals surface area contributed by atoms with Crippen LogP contribution in [0.1, 0.15) is 218 Å². The second-order valence-electron chi connectivity index (χ2n) is 26.7. The van der Waals surface area contributed by atoms with E-state index in [0.717, 1.165) is 119 Å². The molecule has 64 heavy (non-hydrogen) atoms. The Bertz CT molecular complexity index is 1430. The summed E-state index contributed by atoms with van der Waals surface area (Å²) in [6, 6.07) is 7.14. The molecule has 4 N–H and O–H groups in total. The fraction of sp³-hybridized carbons (Fsp3) is 1.00. The molecular weight excluding hydrogens is 781 g/mol. The van der Waals surface area contributed by atoms with Crippen LogP contribution >= 0.6 is 0 Å². The quantitative estimate of drug-likeness (QED) is 0.213. The number of nitrogens with one attached hydrogen (secondary N) is 4. The molecule has 0 bridgehead atoms. The molecule has 360 valence electrons. The van der Waals surface area contributed by atoms with Crippen molar-refractivity contribution in [2.24, 2.45) is 71.0 Å². The maximum atomic E-state index is 4.21. The summed E-state index contributed by atoms with van der Waals surface area (Å²) < 4.78 is 0. The minimum atomic E-state index is 0.601. The van der Waals surface area contributed by atoms with E-state index in [4.69, 9.17) is 0 Å². The fourth-order valence-electron chi connectivity index (χ4n) is 21.4. The molecular formula is C58H98N6. The monoisotopic (exact) mass is 879 g/mol. The molecule has 13 fully saturated rings. The summed E-state index contributed by atoms with van der Waals surface area (Å²) in [7, 11) is 0. The molecule has 9 aliphatic carbocycles. The third kappa shape index (κ3) is 8.20. The summed E-state index contributed by atoms with van der Waals surface area (Å²) in [4.78, 5) is 6.80. The zero-order valence-corrected chi connectivity index (χ0v) is 41.1. The zero-order valence-electron chi connectivity index (χ0n) is 41.1. The molecule has 9 saturated carbocycles. The van der Waals surface area contributed by atoms with Crippen LogP contribution in [0.4, 0.5) is 0 Å². The Morgan fingerprint density at radius 2 is 0.672 bits per heavy atom. The Morgan fingerprint density at radius 3 is 1.14 bits per heavy atom. The van der Waals surface area contributed by atoms with Crippen LogP contribution in [0.5, 0.6) is 0 Å². The first kappa shape index (κ1) is 43.8. The van der Waals surface area contributed by atoms with E-state index in [1.807, 2.05) is 0 Å². The van der Waals surface area contributed by atoms with Gasteiger partial charge in [0.25, 0.3) is 0 Å². The zero-order chi connectivity index (χ0) is 42.1. The summed E-state index contributed by atoms with van der Waals surface area (Å²) in [6.45, 7) is 2.57. The highest BCUT2D eigenvalue weighted by Gasteiger charge is 2.63. The first-order valence-electron chi connectivity index (χ1n) is 30.3. The van der Waals surface area contributed by atoms with Gasteiger partial charge in [-0.15, -0.1) is 0 Å². The number of rotatable bonds is 6. The second-order valence-corrected chi connectivity index (χ2v) is 26.7. The standard InChI is InChI=1S/C58H98N6/c1-5-19-49-43(11-1)35-59-57(61-49)41-15-9-13-39(33-41)37-23-27-45(28-24-37)63-51-21-7-3-17-47(51)55-53(63)31-32-54-56(55)48-18-4-8-22-52(48)64(54)46-29-25-38(26-30-46)40-14-10-16-42(34-40)58-60-36-44-12-2-6-20-50(44)62-58/h37-62H,1-36H2. The molecule has 18 atom stereocenters. The largest absolute Gasteiger partial charge is 0.301 e. The van der Waals surface area contributed by atoms with Gasteiger partial charge in [0.05, 0.1) is 12.3 Å². The molecule has 4 saturated heterocycles. The van der Waals surface area contributed by atoms with Crippen molar-refractivity contribution in [1.82, 2.24) is 31.1 Å². The first-order valence-corrected chi connectivity index (χ1v) is 30.3. The third-order valence-electron chi connectivity index (χ3n) is 24.1. The highest BCUT2D eigenvalue weighted by atomic mass is 15.3. The van der Waals surface area contributed by atoms with Gasteiger partial charge in [-0.2, -0.15) is 0 Å². The van der Waals surface area contributed by atoms with Crippen LogP contribution < -0.4 is 21.3 Å². The smallest absolute Gasteiger partial charge is 0.0603 e. The fourth-order valence-corrected chi connectivity index (χ4v) is 21.4. The van der Waals surface area contributed by atoms with Gasteiger partial charge in [0.1, 0.15) is 0 Å². The van der Waals surface area contributed by atoms with E-state index in [0.29, 0.717) is 12.3 Å². The van der Waals surface area contributed by atoms with Gasteiger partial charge in [-0.25, -0.2) is 0 Å². The van der Waals surface area contributed by atoms with Crippen molar-refractivity contribution in [3.8, 4) is 0 Å². The Balaban J connectivity index is 0.651. The molecule has 4 heterocycles. The van der Waals surface area contributed by atoms with Crippen molar-refractivity contribution >= 4 is 0 Å². The lowest BCUT2D eigenvalue weighted by molar-refractivity contribution is 0.00587. The Hall–Kier alpha value is -0.240. The average molecular weight is 879 g/mol. The molecule has 0 aromatic heterocycles. The number of nitrogens with zero attached hydrogens (tertiary/aromatic N) is 2. The van der Waals surface area contributed by atoms with E-state index in [1.165, 1.54) is 167 Å². The summed E-state index contributed by atoms with van der Waals surface area (Å²) >= 11 is 0. The van der Waals surface area contributed by atoms with Crippen LogP contribution in [0, 0.1) is 71.0 Å². The van der Waals surface area contributed by atoms with Crippen molar-refractivity contribution in [1.29, 1.82) is 0 Å². The third-order valence-corrected chi connectivity index (χ3v) is 24.1. The molecule has 4 aliphatic heterocycles. The lowest BCUT2D eigenvalue weighted by Crippen LogP contribution is -2.62. The van der Waals surface area contributed by atoms with Crippen molar-refractivity contribution in [2.75, 3.05) is 13.1 Å². The summed E-state index contributed by atoms with van der Waals surface area (Å²) in [5.41, 5.74) is 0. The van der Waals surface area contributed by atoms with Gasteiger partial charge in [-0.3, -0.25) is 20.4 Å². The lowest BCUT2D eigenvalue weighted by atomic mass is 9.61. The van der Waals surface area contributed by atoms with Gasteiger partial charge >= 0.3 is 0 Å². The molecule has 18 unspecified atom stereocenters. The molecule has 13 rings (SSSR count). The number of likely N-dealkylation sites (tertiary alicyclic amines) is 2. The van der Waals surface area contributed by atoms with Crippen molar-refractivity contribution < 1.29 is 0 Å². The van der Waals surface area contributed by atoms with Gasteiger partial charge < -0.3 is 10.6 Å². The summed E-state index contributed by atoms with van der Waals surface area (Å²) in [5, 5.41) is 16.6. The number of fused-ring (bicyclic) bond motifs is 9.